The quantitative estimate of drug-likeness (QED) is 0.349. The first kappa shape index (κ1) is 25.4. The second-order valence-corrected chi connectivity index (χ2v) is 8.12. The zero-order valence-electron chi connectivity index (χ0n) is 19.7. The smallest absolute Gasteiger partial charge is 0.328 e. The molecule has 0 aliphatic heterocycles. The Bertz CT molecular complexity index is 1160. The SMILES string of the molecule is COC(=O)[C@@H](Cc1ccc(C(=O)c2ccccc2)cc1)NC(=O)[C@@H](Cc1ccccc1)NC(C)=O. The van der Waals surface area contributed by atoms with E-state index >= 15 is 0 Å². The van der Waals surface area contributed by atoms with Crippen molar-refractivity contribution >= 4 is 23.6 Å². The van der Waals surface area contributed by atoms with E-state index < -0.39 is 24.0 Å². The molecule has 2 N–H and O–H groups in total. The first-order valence-corrected chi connectivity index (χ1v) is 11.2. The molecule has 0 spiro atoms. The Kier molecular flexibility index (Phi) is 8.89. The second kappa shape index (κ2) is 12.3. The van der Waals surface area contributed by atoms with Crippen molar-refractivity contribution in [3.05, 3.63) is 107 Å². The van der Waals surface area contributed by atoms with E-state index in [2.05, 4.69) is 10.6 Å². The molecule has 3 rings (SSSR count). The van der Waals surface area contributed by atoms with Gasteiger partial charge < -0.3 is 15.4 Å². The fourth-order valence-electron chi connectivity index (χ4n) is 3.70. The van der Waals surface area contributed by atoms with Gasteiger partial charge >= 0.3 is 5.97 Å². The molecule has 2 atom stereocenters. The van der Waals surface area contributed by atoms with Gasteiger partial charge in [0.25, 0.3) is 0 Å². The van der Waals surface area contributed by atoms with Gasteiger partial charge in [-0.1, -0.05) is 84.9 Å². The lowest BCUT2D eigenvalue weighted by molar-refractivity contribution is -0.145. The van der Waals surface area contributed by atoms with Crippen LogP contribution in [0, 0.1) is 0 Å². The van der Waals surface area contributed by atoms with Crippen molar-refractivity contribution in [2.45, 2.75) is 31.8 Å². The van der Waals surface area contributed by atoms with E-state index in [1.54, 1.807) is 48.5 Å². The largest absolute Gasteiger partial charge is 0.467 e. The van der Waals surface area contributed by atoms with Crippen LogP contribution >= 0.6 is 0 Å². The van der Waals surface area contributed by atoms with Gasteiger partial charge in [0.15, 0.2) is 5.78 Å². The number of methoxy groups -OCH3 is 1. The zero-order valence-corrected chi connectivity index (χ0v) is 19.7. The molecule has 35 heavy (non-hydrogen) atoms. The minimum Gasteiger partial charge on any atom is -0.467 e. The Morgan fingerprint density at radius 2 is 1.20 bits per heavy atom. The summed E-state index contributed by atoms with van der Waals surface area (Å²) >= 11 is 0. The van der Waals surface area contributed by atoms with Crippen molar-refractivity contribution in [1.82, 2.24) is 10.6 Å². The van der Waals surface area contributed by atoms with Gasteiger partial charge in [0.2, 0.25) is 11.8 Å². The molecule has 7 heteroatoms. The summed E-state index contributed by atoms with van der Waals surface area (Å²) in [6.45, 7) is 1.33. The van der Waals surface area contributed by atoms with Crippen LogP contribution in [0.25, 0.3) is 0 Å². The standard InChI is InChI=1S/C28H28N2O5/c1-19(31)29-24(17-20-9-5-3-6-10-20)27(33)30-25(28(34)35-2)18-21-13-15-23(16-14-21)26(32)22-11-7-4-8-12-22/h3-16,24-25H,17-18H2,1-2H3,(H,29,31)(H,30,33)/t24-,25-/m1/s1. The number of esters is 1. The number of hydrogen-bond acceptors (Lipinski definition) is 5. The summed E-state index contributed by atoms with van der Waals surface area (Å²) in [4.78, 5) is 49.8. The molecule has 0 saturated heterocycles. The molecule has 2 amide bonds. The van der Waals surface area contributed by atoms with E-state index in [0.29, 0.717) is 11.1 Å². The fraction of sp³-hybridized carbons (Fsp3) is 0.214. The summed E-state index contributed by atoms with van der Waals surface area (Å²) < 4.78 is 4.89. The predicted octanol–water partition coefficient (Wildman–Crippen LogP) is 2.87. The highest BCUT2D eigenvalue weighted by Gasteiger charge is 2.27. The molecule has 0 aliphatic rings. The number of benzene rings is 3. The monoisotopic (exact) mass is 472 g/mol. The van der Waals surface area contributed by atoms with Gasteiger partial charge in [0.05, 0.1) is 7.11 Å². The molecule has 0 bridgehead atoms. The number of hydrogen-bond donors (Lipinski definition) is 2. The van der Waals surface area contributed by atoms with Gasteiger partial charge in [-0.15, -0.1) is 0 Å². The first-order valence-electron chi connectivity index (χ1n) is 11.2. The topological polar surface area (TPSA) is 102 Å². The van der Waals surface area contributed by atoms with E-state index in [1.807, 2.05) is 36.4 Å². The molecule has 3 aromatic carbocycles. The van der Waals surface area contributed by atoms with Gasteiger partial charge in [-0.05, 0) is 11.1 Å². The lowest BCUT2D eigenvalue weighted by atomic mass is 9.99. The van der Waals surface area contributed by atoms with Crippen LogP contribution in [0.4, 0.5) is 0 Å². The molecule has 0 radical (unpaired) electrons. The molecule has 180 valence electrons. The van der Waals surface area contributed by atoms with Crippen molar-refractivity contribution in [3.63, 3.8) is 0 Å². The fourth-order valence-corrected chi connectivity index (χ4v) is 3.70. The predicted molar refractivity (Wildman–Crippen MR) is 132 cm³/mol. The van der Waals surface area contributed by atoms with Crippen molar-refractivity contribution in [2.75, 3.05) is 7.11 Å². The first-order chi connectivity index (χ1) is 16.9. The lowest BCUT2D eigenvalue weighted by Gasteiger charge is -2.22. The zero-order chi connectivity index (χ0) is 25.2. The van der Waals surface area contributed by atoms with Crippen molar-refractivity contribution in [3.8, 4) is 0 Å². The average molecular weight is 473 g/mol. The lowest BCUT2D eigenvalue weighted by Crippen LogP contribution is -2.53. The molecular formula is C28H28N2O5. The van der Waals surface area contributed by atoms with E-state index in [4.69, 9.17) is 4.74 Å². The Balaban J connectivity index is 1.72. The molecule has 0 heterocycles. The summed E-state index contributed by atoms with van der Waals surface area (Å²) in [7, 11) is 1.25. The van der Waals surface area contributed by atoms with E-state index in [1.165, 1.54) is 14.0 Å². The third kappa shape index (κ3) is 7.37. The number of ketones is 1. The molecule has 0 saturated carbocycles. The highest BCUT2D eigenvalue weighted by molar-refractivity contribution is 6.08. The van der Waals surface area contributed by atoms with Crippen LogP contribution < -0.4 is 10.6 Å². The normalized spacial score (nSPS) is 12.2. The van der Waals surface area contributed by atoms with Gasteiger partial charge in [-0.2, -0.15) is 0 Å². The molecule has 0 aliphatic carbocycles. The maximum Gasteiger partial charge on any atom is 0.328 e. The summed E-state index contributed by atoms with van der Waals surface area (Å²) in [5.41, 5.74) is 2.72. The van der Waals surface area contributed by atoms with Crippen LogP contribution in [-0.2, 0) is 32.0 Å². The van der Waals surface area contributed by atoms with Crippen LogP contribution in [0.3, 0.4) is 0 Å². The van der Waals surface area contributed by atoms with Gasteiger partial charge in [-0.3, -0.25) is 14.4 Å². The third-order valence-electron chi connectivity index (χ3n) is 5.47. The Hall–Kier alpha value is -4.26. The van der Waals surface area contributed by atoms with E-state index in [9.17, 15) is 19.2 Å². The van der Waals surface area contributed by atoms with Gasteiger partial charge in [0.1, 0.15) is 12.1 Å². The van der Waals surface area contributed by atoms with Crippen LogP contribution in [0.1, 0.15) is 34.0 Å². The van der Waals surface area contributed by atoms with Crippen molar-refractivity contribution in [2.24, 2.45) is 0 Å². The molecule has 0 unspecified atom stereocenters. The van der Waals surface area contributed by atoms with E-state index in [0.717, 1.165) is 11.1 Å². The Labute approximate surface area is 204 Å². The summed E-state index contributed by atoms with van der Waals surface area (Å²) in [6.07, 6.45) is 0.437. The van der Waals surface area contributed by atoms with Crippen LogP contribution in [0.5, 0.6) is 0 Å². The average Bonchev–Trinajstić information content (AvgIpc) is 2.88. The van der Waals surface area contributed by atoms with Gasteiger partial charge in [0, 0.05) is 30.9 Å². The van der Waals surface area contributed by atoms with Gasteiger partial charge in [-0.25, -0.2) is 4.79 Å². The molecule has 0 aromatic heterocycles. The van der Waals surface area contributed by atoms with E-state index in [-0.39, 0.29) is 24.5 Å². The maximum atomic E-state index is 13.0. The Morgan fingerprint density at radius 3 is 1.77 bits per heavy atom. The highest BCUT2D eigenvalue weighted by Crippen LogP contribution is 2.13. The third-order valence-corrected chi connectivity index (χ3v) is 5.47. The van der Waals surface area contributed by atoms with Crippen molar-refractivity contribution in [1.29, 1.82) is 0 Å². The number of ether oxygens (including phenoxy) is 1. The van der Waals surface area contributed by atoms with Crippen LogP contribution in [0.2, 0.25) is 0 Å². The number of amides is 2. The molecule has 0 fully saturated rings. The Morgan fingerprint density at radius 1 is 0.686 bits per heavy atom. The summed E-state index contributed by atoms with van der Waals surface area (Å²) in [5, 5.41) is 5.36. The number of rotatable bonds is 10. The summed E-state index contributed by atoms with van der Waals surface area (Å²) in [6, 6.07) is 23.3. The van der Waals surface area contributed by atoms with Crippen LogP contribution in [0.15, 0.2) is 84.9 Å². The minimum absolute atomic E-state index is 0.103. The number of carbonyl (C=O) groups excluding carboxylic acids is 4. The molecule has 3 aromatic rings. The number of nitrogens with one attached hydrogen (secondary N) is 2. The summed E-state index contributed by atoms with van der Waals surface area (Å²) in [5.74, 6) is -1.55. The number of carbonyl (C=O) groups is 4. The van der Waals surface area contributed by atoms with Crippen molar-refractivity contribution < 1.29 is 23.9 Å². The molecular weight excluding hydrogens is 444 g/mol. The van der Waals surface area contributed by atoms with Crippen LogP contribution in [-0.4, -0.2) is 42.8 Å². The maximum absolute atomic E-state index is 13.0. The molecule has 7 nitrogen and oxygen atoms in total. The highest BCUT2D eigenvalue weighted by atomic mass is 16.5. The minimum atomic E-state index is -0.963. The second-order valence-electron chi connectivity index (χ2n) is 8.12.